The van der Waals surface area contributed by atoms with Gasteiger partial charge in [0, 0.05) is 6.42 Å². The van der Waals surface area contributed by atoms with E-state index in [-0.39, 0.29) is 0 Å². The number of aliphatic carboxylic acids is 1. The van der Waals surface area contributed by atoms with Crippen molar-refractivity contribution < 1.29 is 14.6 Å². The van der Waals surface area contributed by atoms with E-state index in [9.17, 15) is 9.90 Å². The van der Waals surface area contributed by atoms with Crippen molar-refractivity contribution in [1.82, 2.24) is 0 Å². The molecule has 1 atom stereocenters. The van der Waals surface area contributed by atoms with Crippen LogP contribution in [0.25, 0.3) is 11.1 Å². The van der Waals surface area contributed by atoms with Crippen LogP contribution in [0.3, 0.4) is 0 Å². The van der Waals surface area contributed by atoms with Gasteiger partial charge in [-0.15, -0.1) is 0 Å². The van der Waals surface area contributed by atoms with E-state index in [4.69, 9.17) is 4.74 Å². The Bertz CT molecular complexity index is 905. The highest BCUT2D eigenvalue weighted by Gasteiger charge is 2.22. The smallest absolute Gasteiger partial charge is 0.345 e. The van der Waals surface area contributed by atoms with Gasteiger partial charge in [-0.25, -0.2) is 4.79 Å². The summed E-state index contributed by atoms with van der Waals surface area (Å²) in [6.07, 6.45) is -0.582. The van der Waals surface area contributed by atoms with E-state index in [0.29, 0.717) is 12.2 Å². The van der Waals surface area contributed by atoms with Gasteiger partial charge in [0.25, 0.3) is 0 Å². The first-order valence-corrected chi connectivity index (χ1v) is 9.05. The zero-order chi connectivity index (χ0) is 19.4. The Hall–Kier alpha value is -3.07. The third kappa shape index (κ3) is 4.56. The molecule has 3 aromatic rings. The molecule has 0 aliphatic rings. The monoisotopic (exact) mass is 360 g/mol. The van der Waals surface area contributed by atoms with E-state index in [1.54, 1.807) is 0 Å². The molecule has 0 fully saturated rings. The molecular formula is C24H24O3. The van der Waals surface area contributed by atoms with Crippen LogP contribution in [-0.4, -0.2) is 17.2 Å². The Morgan fingerprint density at radius 1 is 0.889 bits per heavy atom. The molecule has 0 amide bonds. The molecule has 0 heterocycles. The second-order valence-corrected chi connectivity index (χ2v) is 6.92. The Balaban J connectivity index is 1.78. The van der Waals surface area contributed by atoms with E-state index in [2.05, 4.69) is 12.1 Å². The first-order valence-electron chi connectivity index (χ1n) is 9.05. The fourth-order valence-corrected chi connectivity index (χ4v) is 3.42. The minimum atomic E-state index is -0.957. The SMILES string of the molecule is Cc1cc(C)c(C[C@H](Oc2ccc(-c3ccccc3)cc2)C(=O)O)c(C)c1. The van der Waals surface area contributed by atoms with Gasteiger partial charge >= 0.3 is 5.97 Å². The maximum absolute atomic E-state index is 11.8. The third-order valence-electron chi connectivity index (χ3n) is 4.75. The van der Waals surface area contributed by atoms with Gasteiger partial charge in [0.1, 0.15) is 5.75 Å². The highest BCUT2D eigenvalue weighted by molar-refractivity contribution is 5.73. The molecule has 0 radical (unpaired) electrons. The normalized spacial score (nSPS) is 11.8. The van der Waals surface area contributed by atoms with Crippen LogP contribution in [-0.2, 0) is 11.2 Å². The van der Waals surface area contributed by atoms with Crippen molar-refractivity contribution in [2.75, 3.05) is 0 Å². The zero-order valence-electron chi connectivity index (χ0n) is 15.9. The molecule has 3 heteroatoms. The van der Waals surface area contributed by atoms with Crippen molar-refractivity contribution in [3.05, 3.63) is 89.0 Å². The molecule has 0 saturated heterocycles. The van der Waals surface area contributed by atoms with E-state index in [0.717, 1.165) is 27.8 Å². The molecule has 138 valence electrons. The molecule has 1 N–H and O–H groups in total. The number of rotatable bonds is 6. The van der Waals surface area contributed by atoms with Gasteiger partial charge in [0.15, 0.2) is 6.10 Å². The summed E-state index contributed by atoms with van der Waals surface area (Å²) in [6.45, 7) is 6.08. The third-order valence-corrected chi connectivity index (χ3v) is 4.75. The maximum Gasteiger partial charge on any atom is 0.345 e. The molecule has 0 aliphatic carbocycles. The van der Waals surface area contributed by atoms with Crippen LogP contribution in [0.1, 0.15) is 22.3 Å². The molecular weight excluding hydrogens is 336 g/mol. The fraction of sp³-hybridized carbons (Fsp3) is 0.208. The lowest BCUT2D eigenvalue weighted by Crippen LogP contribution is -2.30. The number of carboxylic acids is 1. The van der Waals surface area contributed by atoms with Crippen LogP contribution in [0.4, 0.5) is 0 Å². The van der Waals surface area contributed by atoms with Gasteiger partial charge in [-0.3, -0.25) is 0 Å². The Morgan fingerprint density at radius 3 is 2.00 bits per heavy atom. The molecule has 3 nitrogen and oxygen atoms in total. The van der Waals surface area contributed by atoms with Gasteiger partial charge in [-0.05, 0) is 60.7 Å². The van der Waals surface area contributed by atoms with Crippen molar-refractivity contribution in [2.24, 2.45) is 0 Å². The summed E-state index contributed by atoms with van der Waals surface area (Å²) in [4.78, 5) is 11.8. The Morgan fingerprint density at radius 2 is 1.44 bits per heavy atom. The zero-order valence-corrected chi connectivity index (χ0v) is 15.9. The van der Waals surface area contributed by atoms with E-state index in [1.807, 2.05) is 75.4 Å². The summed E-state index contributed by atoms with van der Waals surface area (Å²) in [7, 11) is 0. The number of carbonyl (C=O) groups is 1. The number of hydrogen-bond donors (Lipinski definition) is 1. The summed E-state index contributed by atoms with van der Waals surface area (Å²) in [5, 5.41) is 9.64. The molecule has 0 bridgehead atoms. The fourth-order valence-electron chi connectivity index (χ4n) is 3.42. The Kier molecular flexibility index (Phi) is 5.60. The van der Waals surface area contributed by atoms with Crippen LogP contribution < -0.4 is 4.74 Å². The van der Waals surface area contributed by atoms with Gasteiger partial charge in [-0.2, -0.15) is 0 Å². The van der Waals surface area contributed by atoms with E-state index >= 15 is 0 Å². The van der Waals surface area contributed by atoms with Gasteiger partial charge in [-0.1, -0.05) is 60.2 Å². The number of aryl methyl sites for hydroxylation is 3. The van der Waals surface area contributed by atoms with Crippen LogP contribution in [0.15, 0.2) is 66.7 Å². The molecule has 3 aromatic carbocycles. The lowest BCUT2D eigenvalue weighted by Gasteiger charge is -2.18. The maximum atomic E-state index is 11.8. The van der Waals surface area contributed by atoms with Crippen molar-refractivity contribution >= 4 is 5.97 Å². The topological polar surface area (TPSA) is 46.5 Å². The average molecular weight is 360 g/mol. The summed E-state index contributed by atoms with van der Waals surface area (Å²) < 4.78 is 5.81. The number of hydrogen-bond acceptors (Lipinski definition) is 2. The van der Waals surface area contributed by atoms with Gasteiger partial charge < -0.3 is 9.84 Å². The summed E-state index contributed by atoms with van der Waals surface area (Å²) >= 11 is 0. The second kappa shape index (κ2) is 8.09. The minimum Gasteiger partial charge on any atom is -0.478 e. The highest BCUT2D eigenvalue weighted by atomic mass is 16.5. The first kappa shape index (κ1) is 18.7. The minimum absolute atomic E-state index is 0.341. The summed E-state index contributed by atoms with van der Waals surface area (Å²) in [5.74, 6) is -0.397. The molecule has 0 aromatic heterocycles. The van der Waals surface area contributed by atoms with Crippen molar-refractivity contribution in [3.63, 3.8) is 0 Å². The largest absolute Gasteiger partial charge is 0.478 e. The average Bonchev–Trinajstić information content (AvgIpc) is 2.64. The predicted octanol–water partition coefficient (Wildman–Crippen LogP) is 5.35. The van der Waals surface area contributed by atoms with Crippen molar-refractivity contribution in [3.8, 4) is 16.9 Å². The van der Waals surface area contributed by atoms with Gasteiger partial charge in [0.2, 0.25) is 0 Å². The molecule has 27 heavy (non-hydrogen) atoms. The van der Waals surface area contributed by atoms with E-state index in [1.165, 1.54) is 5.56 Å². The molecule has 3 rings (SSSR count). The first-order chi connectivity index (χ1) is 12.9. The molecule has 0 saturated carbocycles. The van der Waals surface area contributed by atoms with Gasteiger partial charge in [0.05, 0.1) is 0 Å². The summed E-state index contributed by atoms with van der Waals surface area (Å²) in [6, 6.07) is 21.8. The van der Waals surface area contributed by atoms with Crippen LogP contribution in [0.5, 0.6) is 5.75 Å². The molecule has 0 aliphatic heterocycles. The lowest BCUT2D eigenvalue weighted by atomic mass is 9.95. The number of ether oxygens (including phenoxy) is 1. The van der Waals surface area contributed by atoms with E-state index < -0.39 is 12.1 Å². The van der Waals surface area contributed by atoms with Crippen LogP contribution in [0, 0.1) is 20.8 Å². The molecule has 0 spiro atoms. The van der Waals surface area contributed by atoms with Crippen LogP contribution >= 0.6 is 0 Å². The standard InChI is InChI=1S/C24H24O3/c1-16-13-17(2)22(18(3)14-16)15-23(24(25)26)27-21-11-9-20(10-12-21)19-7-5-4-6-8-19/h4-14,23H,15H2,1-3H3,(H,25,26)/t23-/m0/s1. The number of benzene rings is 3. The predicted molar refractivity (Wildman–Crippen MR) is 108 cm³/mol. The molecule has 0 unspecified atom stereocenters. The van der Waals surface area contributed by atoms with Crippen molar-refractivity contribution in [2.45, 2.75) is 33.3 Å². The van der Waals surface area contributed by atoms with Crippen LogP contribution in [0.2, 0.25) is 0 Å². The Labute approximate surface area is 160 Å². The lowest BCUT2D eigenvalue weighted by molar-refractivity contribution is -0.145. The second-order valence-electron chi connectivity index (χ2n) is 6.92. The number of carboxylic acid groups (broad SMARTS) is 1. The quantitative estimate of drug-likeness (QED) is 0.644. The van der Waals surface area contributed by atoms with Crippen molar-refractivity contribution in [1.29, 1.82) is 0 Å². The summed E-state index contributed by atoms with van der Waals surface area (Å²) in [5.41, 5.74) is 6.60. The highest BCUT2D eigenvalue weighted by Crippen LogP contribution is 2.24.